The zero-order chi connectivity index (χ0) is 9.45. The van der Waals surface area contributed by atoms with E-state index >= 15 is 0 Å². The van der Waals surface area contributed by atoms with Crippen molar-refractivity contribution in [2.24, 2.45) is 5.41 Å². The van der Waals surface area contributed by atoms with Crippen LogP contribution in [0.15, 0.2) is 0 Å². The Morgan fingerprint density at radius 2 is 1.57 bits per heavy atom. The molecule has 0 spiro atoms. The van der Waals surface area contributed by atoms with E-state index in [4.69, 9.17) is 4.74 Å². The molecule has 82 valence electrons. The van der Waals surface area contributed by atoms with Crippen molar-refractivity contribution in [3.05, 3.63) is 6.92 Å². The third kappa shape index (κ3) is 18.9. The largest absolute Gasteiger partial charge is 2.00 e. The van der Waals surface area contributed by atoms with Gasteiger partial charge in [0, 0.05) is 13.2 Å². The van der Waals surface area contributed by atoms with Crippen LogP contribution in [0.4, 0.5) is 0 Å². The maximum absolute atomic E-state index is 4.94. The van der Waals surface area contributed by atoms with Gasteiger partial charge in [0.1, 0.15) is 0 Å². The smallest absolute Gasteiger partial charge is 1.00 e. The van der Waals surface area contributed by atoms with Crippen molar-refractivity contribution in [3.8, 4) is 0 Å². The van der Waals surface area contributed by atoms with Gasteiger partial charge in [-0.2, -0.15) is 6.42 Å². The van der Waals surface area contributed by atoms with E-state index in [1.54, 1.807) is 0 Å². The molecule has 0 bridgehead atoms. The van der Waals surface area contributed by atoms with Gasteiger partial charge in [-0.15, -0.1) is 0 Å². The molecule has 0 atom stereocenters. The summed E-state index contributed by atoms with van der Waals surface area (Å²) in [6, 6.07) is 0. The van der Waals surface area contributed by atoms with Crippen molar-refractivity contribution in [3.63, 3.8) is 0 Å². The molecular formula is C11H23BrMgO. The summed E-state index contributed by atoms with van der Waals surface area (Å²) < 4.78 is 4.94. The van der Waals surface area contributed by atoms with Crippen LogP contribution >= 0.6 is 0 Å². The van der Waals surface area contributed by atoms with Crippen molar-refractivity contribution in [1.82, 2.24) is 0 Å². The van der Waals surface area contributed by atoms with E-state index in [0.29, 0.717) is 5.41 Å². The van der Waals surface area contributed by atoms with Crippen molar-refractivity contribution in [1.29, 1.82) is 0 Å². The summed E-state index contributed by atoms with van der Waals surface area (Å²) in [6.45, 7) is 12.5. The molecule has 0 saturated carbocycles. The van der Waals surface area contributed by atoms with E-state index in [1.165, 1.54) is 19.3 Å². The number of rotatable bonds is 1. The molecule has 0 aromatic rings. The van der Waals surface area contributed by atoms with Crippen LogP contribution in [0.2, 0.25) is 0 Å². The van der Waals surface area contributed by atoms with Gasteiger partial charge >= 0.3 is 23.1 Å². The average Bonchev–Trinajstić information content (AvgIpc) is 2.38. The second-order valence-electron chi connectivity index (χ2n) is 4.48. The molecule has 1 saturated heterocycles. The third-order valence-electron chi connectivity index (χ3n) is 1.75. The predicted molar refractivity (Wildman–Crippen MR) is 59.9 cm³/mol. The quantitative estimate of drug-likeness (QED) is 0.486. The Kier molecular flexibility index (Phi) is 18.1. The minimum atomic E-state index is 0. The maximum atomic E-state index is 4.94. The first-order valence-electron chi connectivity index (χ1n) is 4.93. The fourth-order valence-corrected chi connectivity index (χ4v) is 1.04. The van der Waals surface area contributed by atoms with E-state index in [0.717, 1.165) is 19.6 Å². The molecular weight excluding hydrogens is 252 g/mol. The van der Waals surface area contributed by atoms with Gasteiger partial charge in [-0.05, 0) is 18.3 Å². The van der Waals surface area contributed by atoms with Crippen LogP contribution in [0.3, 0.4) is 0 Å². The van der Waals surface area contributed by atoms with Crippen LogP contribution in [0.25, 0.3) is 0 Å². The molecule has 1 fully saturated rings. The predicted octanol–water partition coefficient (Wildman–Crippen LogP) is 0.0668. The van der Waals surface area contributed by atoms with Gasteiger partial charge in [-0.1, -0.05) is 27.2 Å². The molecule has 0 radical (unpaired) electrons. The van der Waals surface area contributed by atoms with Crippen LogP contribution < -0.4 is 17.0 Å². The molecule has 14 heavy (non-hydrogen) atoms. The van der Waals surface area contributed by atoms with Crippen LogP contribution in [0.5, 0.6) is 0 Å². The summed E-state index contributed by atoms with van der Waals surface area (Å²) in [6.07, 6.45) is 4.84. The first-order valence-corrected chi connectivity index (χ1v) is 4.93. The summed E-state index contributed by atoms with van der Waals surface area (Å²) >= 11 is 0. The van der Waals surface area contributed by atoms with E-state index < -0.39 is 0 Å². The Bertz CT molecular complexity index is 90.3. The van der Waals surface area contributed by atoms with Crippen molar-refractivity contribution >= 4 is 23.1 Å². The Hall–Kier alpha value is 1.21. The summed E-state index contributed by atoms with van der Waals surface area (Å²) in [7, 11) is 0. The van der Waals surface area contributed by atoms with Crippen LogP contribution in [0.1, 0.15) is 46.5 Å². The van der Waals surface area contributed by atoms with Gasteiger partial charge in [0.25, 0.3) is 0 Å². The van der Waals surface area contributed by atoms with Gasteiger partial charge in [-0.25, -0.2) is 0 Å². The van der Waals surface area contributed by atoms with Gasteiger partial charge in [0.2, 0.25) is 0 Å². The zero-order valence-corrected chi connectivity index (χ0v) is 12.9. The minimum absolute atomic E-state index is 0. The Balaban J connectivity index is -0.000000155. The number of ether oxygens (including phenoxy) is 1. The summed E-state index contributed by atoms with van der Waals surface area (Å²) in [5.74, 6) is 0. The van der Waals surface area contributed by atoms with Gasteiger partial charge < -0.3 is 28.6 Å². The van der Waals surface area contributed by atoms with Gasteiger partial charge in [-0.3, -0.25) is 0 Å². The van der Waals surface area contributed by atoms with Crippen LogP contribution in [0, 0.1) is 12.3 Å². The van der Waals surface area contributed by atoms with Gasteiger partial charge in [0.15, 0.2) is 0 Å². The normalized spacial score (nSPS) is 14.6. The van der Waals surface area contributed by atoms with E-state index in [-0.39, 0.29) is 40.0 Å². The second kappa shape index (κ2) is 12.3. The number of hydrogen-bond acceptors (Lipinski definition) is 1. The molecule has 0 aromatic heterocycles. The molecule has 0 aromatic carbocycles. The van der Waals surface area contributed by atoms with Crippen molar-refractivity contribution in [2.45, 2.75) is 46.5 Å². The van der Waals surface area contributed by atoms with Crippen LogP contribution in [-0.2, 0) is 4.74 Å². The summed E-state index contributed by atoms with van der Waals surface area (Å²) in [4.78, 5) is 0. The van der Waals surface area contributed by atoms with E-state index in [2.05, 4.69) is 27.7 Å². The molecule has 1 aliphatic rings. The van der Waals surface area contributed by atoms with E-state index in [9.17, 15) is 0 Å². The molecule has 1 heterocycles. The first-order chi connectivity index (χ1) is 5.56. The first kappa shape index (κ1) is 20.6. The van der Waals surface area contributed by atoms with E-state index in [1.807, 2.05) is 0 Å². The summed E-state index contributed by atoms with van der Waals surface area (Å²) in [5.41, 5.74) is 0.488. The Morgan fingerprint density at radius 3 is 1.64 bits per heavy atom. The summed E-state index contributed by atoms with van der Waals surface area (Å²) in [5, 5.41) is 0. The number of halogens is 1. The van der Waals surface area contributed by atoms with Crippen molar-refractivity contribution < 1.29 is 21.7 Å². The minimum Gasteiger partial charge on any atom is -1.00 e. The fraction of sp³-hybridized carbons (Fsp3) is 0.909. The fourth-order valence-electron chi connectivity index (χ4n) is 1.04. The Morgan fingerprint density at radius 1 is 1.14 bits per heavy atom. The maximum Gasteiger partial charge on any atom is 2.00 e. The third-order valence-corrected chi connectivity index (χ3v) is 1.75. The SMILES string of the molecule is C1CCOC1.[Br-].[CH2-]CCC(C)(C)C.[Mg+2]. The molecule has 1 aliphatic heterocycles. The molecule has 1 nitrogen and oxygen atoms in total. The Labute approximate surface area is 116 Å². The molecule has 0 unspecified atom stereocenters. The van der Waals surface area contributed by atoms with Crippen molar-refractivity contribution in [2.75, 3.05) is 13.2 Å². The topological polar surface area (TPSA) is 9.23 Å². The van der Waals surface area contributed by atoms with Gasteiger partial charge in [0.05, 0.1) is 0 Å². The number of hydrogen-bond donors (Lipinski definition) is 0. The molecule has 0 aliphatic carbocycles. The zero-order valence-electron chi connectivity index (χ0n) is 9.94. The molecule has 3 heteroatoms. The monoisotopic (exact) mass is 274 g/mol. The molecule has 0 N–H and O–H groups in total. The average molecular weight is 276 g/mol. The molecule has 0 amide bonds. The standard InChI is InChI=1S/C7H15.C4H8O.BrH.Mg/c1-5-6-7(2,3)4;1-2-4-5-3-1;;/h1,5-6H2,2-4H3;1-4H2;1H;/q-1;;;+2/p-1. The second-order valence-corrected chi connectivity index (χ2v) is 4.48. The molecule has 1 rings (SSSR count). The van der Waals surface area contributed by atoms with Crippen LogP contribution in [-0.4, -0.2) is 36.3 Å².